The second-order valence-corrected chi connectivity index (χ2v) is 8.43. The maximum atomic E-state index is 14.8. The molecule has 0 bridgehead atoms. The lowest BCUT2D eigenvalue weighted by Crippen LogP contribution is -2.41. The number of amides is 3. The van der Waals surface area contributed by atoms with Crippen LogP contribution in [0, 0.1) is 5.82 Å². The van der Waals surface area contributed by atoms with Crippen LogP contribution in [0.15, 0.2) is 30.3 Å². The zero-order valence-electron chi connectivity index (χ0n) is 15.2. The lowest BCUT2D eigenvalue weighted by molar-refractivity contribution is -0.125. The summed E-state index contributed by atoms with van der Waals surface area (Å²) in [5.41, 5.74) is 0.543. The van der Waals surface area contributed by atoms with Gasteiger partial charge in [0.2, 0.25) is 5.91 Å². The van der Waals surface area contributed by atoms with Gasteiger partial charge < -0.3 is 19.9 Å². The Labute approximate surface area is 175 Å². The topological polar surface area (TPSA) is 79.0 Å². The van der Waals surface area contributed by atoms with Crippen LogP contribution in [0.2, 0.25) is 4.34 Å². The minimum absolute atomic E-state index is 0.0369. The van der Waals surface area contributed by atoms with Crippen molar-refractivity contribution in [3.8, 4) is 0 Å². The van der Waals surface area contributed by atoms with Gasteiger partial charge in [0.25, 0.3) is 11.8 Å². The molecule has 1 aromatic carbocycles. The lowest BCUT2D eigenvalue weighted by atomic mass is 10.2. The molecule has 2 fully saturated rings. The molecular formula is C19H17ClFN3O4S. The molecule has 0 spiro atoms. The van der Waals surface area contributed by atoms with E-state index >= 15 is 0 Å². The maximum absolute atomic E-state index is 14.8. The Bertz CT molecular complexity index is 982. The Morgan fingerprint density at radius 1 is 1.21 bits per heavy atom. The molecule has 0 unspecified atom stereocenters. The minimum Gasteiger partial charge on any atom is -0.370 e. The zero-order chi connectivity index (χ0) is 20.5. The van der Waals surface area contributed by atoms with Crippen molar-refractivity contribution in [2.75, 3.05) is 36.1 Å². The highest BCUT2D eigenvalue weighted by Crippen LogP contribution is 2.29. The summed E-state index contributed by atoms with van der Waals surface area (Å²) in [5, 5.41) is 2.79. The van der Waals surface area contributed by atoms with Crippen molar-refractivity contribution >= 4 is 52.0 Å². The first-order valence-electron chi connectivity index (χ1n) is 8.96. The monoisotopic (exact) mass is 437 g/mol. The van der Waals surface area contributed by atoms with Crippen molar-refractivity contribution in [1.29, 1.82) is 0 Å². The summed E-state index contributed by atoms with van der Waals surface area (Å²) in [6.07, 6.45) is 0.0774. The molecule has 152 valence electrons. The van der Waals surface area contributed by atoms with Crippen LogP contribution in [-0.2, 0) is 14.3 Å². The smallest absolute Gasteiger partial charge is 0.261 e. The Kier molecular flexibility index (Phi) is 5.53. The second-order valence-electron chi connectivity index (χ2n) is 6.72. The number of nitrogens with zero attached hydrogens (tertiary/aromatic N) is 2. The molecule has 4 rings (SSSR count). The van der Waals surface area contributed by atoms with E-state index in [1.165, 1.54) is 21.9 Å². The number of nitrogens with one attached hydrogen (secondary N) is 1. The fourth-order valence-corrected chi connectivity index (χ4v) is 4.35. The number of carbonyl (C=O) groups is 3. The highest BCUT2D eigenvalue weighted by Gasteiger charge is 2.33. The Morgan fingerprint density at radius 2 is 2.03 bits per heavy atom. The van der Waals surface area contributed by atoms with Crippen molar-refractivity contribution in [3.05, 3.63) is 45.4 Å². The number of hydrogen-bond acceptors (Lipinski definition) is 5. The van der Waals surface area contributed by atoms with E-state index in [4.69, 9.17) is 16.3 Å². The van der Waals surface area contributed by atoms with Crippen molar-refractivity contribution in [2.45, 2.75) is 12.5 Å². The van der Waals surface area contributed by atoms with E-state index in [0.29, 0.717) is 28.1 Å². The van der Waals surface area contributed by atoms with Gasteiger partial charge in [-0.2, -0.15) is 0 Å². The lowest BCUT2D eigenvalue weighted by Gasteiger charge is -2.27. The summed E-state index contributed by atoms with van der Waals surface area (Å²) in [6, 6.07) is 7.13. The van der Waals surface area contributed by atoms with Crippen LogP contribution >= 0.6 is 22.9 Å². The third kappa shape index (κ3) is 4.12. The van der Waals surface area contributed by atoms with Gasteiger partial charge in [-0.15, -0.1) is 11.3 Å². The number of benzene rings is 1. The summed E-state index contributed by atoms with van der Waals surface area (Å²) in [7, 11) is 0. The molecule has 3 heterocycles. The van der Waals surface area contributed by atoms with Gasteiger partial charge in [-0.1, -0.05) is 11.6 Å². The van der Waals surface area contributed by atoms with Gasteiger partial charge in [0.15, 0.2) is 0 Å². The fraction of sp³-hybridized carbons (Fsp3) is 0.316. The van der Waals surface area contributed by atoms with Crippen molar-refractivity contribution < 1.29 is 23.5 Å². The third-order valence-electron chi connectivity index (χ3n) is 4.78. The molecule has 2 aliphatic rings. The average molecular weight is 438 g/mol. The summed E-state index contributed by atoms with van der Waals surface area (Å²) in [6.45, 7) is 0.860. The van der Waals surface area contributed by atoms with Crippen LogP contribution in [0.25, 0.3) is 0 Å². The van der Waals surface area contributed by atoms with Crippen molar-refractivity contribution in [1.82, 2.24) is 5.32 Å². The predicted molar refractivity (Wildman–Crippen MR) is 107 cm³/mol. The van der Waals surface area contributed by atoms with Gasteiger partial charge in [0.05, 0.1) is 27.5 Å². The average Bonchev–Trinajstić information content (AvgIpc) is 3.28. The van der Waals surface area contributed by atoms with Crippen LogP contribution in [0.5, 0.6) is 0 Å². The molecular weight excluding hydrogens is 421 g/mol. The van der Waals surface area contributed by atoms with E-state index < -0.39 is 11.9 Å². The molecule has 1 N–H and O–H groups in total. The minimum atomic E-state index is -0.604. The number of rotatable bonds is 4. The molecule has 3 amide bonds. The van der Waals surface area contributed by atoms with Gasteiger partial charge in [0.1, 0.15) is 12.4 Å². The molecule has 1 atom stereocenters. The summed E-state index contributed by atoms with van der Waals surface area (Å²) in [5.74, 6) is -1.44. The number of halogens is 2. The van der Waals surface area contributed by atoms with Crippen molar-refractivity contribution in [3.63, 3.8) is 0 Å². The number of thiophene rings is 1. The molecule has 7 nitrogen and oxygen atoms in total. The van der Waals surface area contributed by atoms with Gasteiger partial charge in [-0.3, -0.25) is 14.4 Å². The first-order valence-corrected chi connectivity index (χ1v) is 10.2. The first kappa shape index (κ1) is 19.8. The molecule has 10 heteroatoms. The van der Waals surface area contributed by atoms with E-state index in [1.807, 2.05) is 0 Å². The Hall–Kier alpha value is -2.49. The van der Waals surface area contributed by atoms with E-state index in [0.717, 1.165) is 11.3 Å². The fourth-order valence-electron chi connectivity index (χ4n) is 3.40. The standard InChI is InChI=1S/C19H17ClFN3O4S/c20-16-4-3-15(29-16)19(27)22-11-7-17(25)24(9-11)14-2-1-12(8-13(14)21)23-5-6-28-10-18(23)26/h1-4,8,11H,5-7,9-10H2,(H,22,27)/t11-/m1/s1. The Morgan fingerprint density at radius 3 is 2.72 bits per heavy atom. The van der Waals surface area contributed by atoms with E-state index in [-0.39, 0.29) is 43.0 Å². The van der Waals surface area contributed by atoms with Crippen LogP contribution < -0.4 is 15.1 Å². The quantitative estimate of drug-likeness (QED) is 0.796. The number of anilines is 2. The molecule has 0 saturated carbocycles. The van der Waals surface area contributed by atoms with Crippen molar-refractivity contribution in [2.24, 2.45) is 0 Å². The normalized spacial score (nSPS) is 19.7. The molecule has 0 aliphatic carbocycles. The summed E-state index contributed by atoms with van der Waals surface area (Å²) in [4.78, 5) is 39.8. The summed E-state index contributed by atoms with van der Waals surface area (Å²) >= 11 is 6.99. The zero-order valence-corrected chi connectivity index (χ0v) is 16.8. The predicted octanol–water partition coefficient (Wildman–Crippen LogP) is 2.44. The third-order valence-corrected chi connectivity index (χ3v) is 6.01. The highest BCUT2D eigenvalue weighted by atomic mass is 35.5. The first-order chi connectivity index (χ1) is 13.9. The van der Waals surface area contributed by atoms with E-state index in [1.54, 1.807) is 18.2 Å². The largest absolute Gasteiger partial charge is 0.370 e. The van der Waals surface area contributed by atoms with E-state index in [9.17, 15) is 18.8 Å². The SMILES string of the molecule is O=C(N[C@@H]1CC(=O)N(c2ccc(N3CCOCC3=O)cc2F)C1)c1ccc(Cl)s1. The molecule has 0 radical (unpaired) electrons. The highest BCUT2D eigenvalue weighted by molar-refractivity contribution is 7.18. The molecule has 2 saturated heterocycles. The van der Waals surface area contributed by atoms with Crippen LogP contribution in [0.4, 0.5) is 15.8 Å². The molecule has 1 aromatic heterocycles. The van der Waals surface area contributed by atoms with Gasteiger partial charge >= 0.3 is 0 Å². The van der Waals surface area contributed by atoms with Gasteiger partial charge in [-0.05, 0) is 30.3 Å². The molecule has 2 aromatic rings. The van der Waals surface area contributed by atoms with Crippen LogP contribution in [0.3, 0.4) is 0 Å². The molecule has 2 aliphatic heterocycles. The number of hydrogen-bond donors (Lipinski definition) is 1. The Balaban J connectivity index is 1.46. The van der Waals surface area contributed by atoms with Crippen LogP contribution in [0.1, 0.15) is 16.1 Å². The second kappa shape index (κ2) is 8.10. The van der Waals surface area contributed by atoms with Gasteiger partial charge in [-0.25, -0.2) is 4.39 Å². The van der Waals surface area contributed by atoms with Crippen LogP contribution in [-0.4, -0.2) is 50.1 Å². The molecule has 29 heavy (non-hydrogen) atoms. The number of morpholine rings is 1. The summed E-state index contributed by atoms with van der Waals surface area (Å²) < 4.78 is 20.3. The van der Waals surface area contributed by atoms with Gasteiger partial charge in [0, 0.05) is 25.2 Å². The van der Waals surface area contributed by atoms with E-state index in [2.05, 4.69) is 5.32 Å². The number of carbonyl (C=O) groups excluding carboxylic acids is 3. The maximum Gasteiger partial charge on any atom is 0.261 e. The number of ether oxygens (including phenoxy) is 1.